The first-order valence-electron chi connectivity index (χ1n) is 5.80. The van der Waals surface area contributed by atoms with Gasteiger partial charge < -0.3 is 14.8 Å². The topological polar surface area (TPSA) is 47.6 Å². The van der Waals surface area contributed by atoms with Crippen LogP contribution in [0.1, 0.15) is 24.2 Å². The van der Waals surface area contributed by atoms with Crippen LogP contribution in [0.5, 0.6) is 0 Å². The van der Waals surface area contributed by atoms with Gasteiger partial charge in [-0.2, -0.15) is 0 Å². The second-order valence-corrected chi connectivity index (χ2v) is 3.89. The number of methoxy groups -OCH3 is 1. The summed E-state index contributed by atoms with van der Waals surface area (Å²) in [7, 11) is 1.29. The molecule has 0 aliphatic heterocycles. The number of anilines is 1. The zero-order chi connectivity index (χ0) is 13.5. The highest BCUT2D eigenvalue weighted by molar-refractivity contribution is 5.95. The van der Waals surface area contributed by atoms with E-state index in [4.69, 9.17) is 4.74 Å². The molecule has 100 valence electrons. The fourth-order valence-corrected chi connectivity index (χ4v) is 1.53. The van der Waals surface area contributed by atoms with E-state index < -0.39 is 11.8 Å². The molecule has 0 saturated carbocycles. The van der Waals surface area contributed by atoms with Gasteiger partial charge in [-0.15, -0.1) is 0 Å². The normalized spacial score (nSPS) is 12.0. The number of esters is 1. The van der Waals surface area contributed by atoms with Crippen LogP contribution in [-0.4, -0.2) is 32.3 Å². The molecule has 0 spiro atoms. The summed E-state index contributed by atoms with van der Waals surface area (Å²) in [6.45, 7) is 4.88. The van der Waals surface area contributed by atoms with Crippen LogP contribution < -0.4 is 5.32 Å². The summed E-state index contributed by atoms with van der Waals surface area (Å²) >= 11 is 0. The van der Waals surface area contributed by atoms with Gasteiger partial charge in [0.25, 0.3) is 0 Å². The number of carbonyl (C=O) groups is 1. The maximum Gasteiger partial charge on any atom is 0.339 e. The number of ether oxygens (including phenoxy) is 2. The third kappa shape index (κ3) is 4.00. The van der Waals surface area contributed by atoms with Crippen LogP contribution in [0, 0.1) is 5.82 Å². The summed E-state index contributed by atoms with van der Waals surface area (Å²) in [5, 5.41) is 3.04. The maximum absolute atomic E-state index is 13.2. The van der Waals surface area contributed by atoms with Crippen molar-refractivity contribution < 1.29 is 18.7 Å². The van der Waals surface area contributed by atoms with Gasteiger partial charge in [-0.05, 0) is 32.0 Å². The largest absolute Gasteiger partial charge is 0.465 e. The molecule has 0 bridgehead atoms. The lowest BCUT2D eigenvalue weighted by atomic mass is 10.1. The van der Waals surface area contributed by atoms with Gasteiger partial charge in [-0.1, -0.05) is 0 Å². The lowest BCUT2D eigenvalue weighted by molar-refractivity contribution is 0.0601. The molecule has 0 fully saturated rings. The molecule has 1 aromatic carbocycles. The van der Waals surface area contributed by atoms with Crippen molar-refractivity contribution in [1.29, 1.82) is 0 Å². The average molecular weight is 255 g/mol. The first-order chi connectivity index (χ1) is 8.58. The van der Waals surface area contributed by atoms with E-state index in [0.29, 0.717) is 24.5 Å². The summed E-state index contributed by atoms with van der Waals surface area (Å²) in [4.78, 5) is 11.5. The Balaban J connectivity index is 2.85. The summed E-state index contributed by atoms with van der Waals surface area (Å²) in [5.41, 5.74) is 0.719. The molecular formula is C13H18FNO3. The number of rotatable bonds is 6. The van der Waals surface area contributed by atoms with Gasteiger partial charge in [0.2, 0.25) is 0 Å². The molecule has 0 aromatic heterocycles. The minimum absolute atomic E-state index is 0.0323. The molecular weight excluding hydrogens is 237 g/mol. The van der Waals surface area contributed by atoms with Crippen LogP contribution in [0.15, 0.2) is 18.2 Å². The Morgan fingerprint density at radius 1 is 1.50 bits per heavy atom. The highest BCUT2D eigenvalue weighted by Crippen LogP contribution is 2.19. The smallest absolute Gasteiger partial charge is 0.339 e. The minimum atomic E-state index is -0.499. The van der Waals surface area contributed by atoms with Crippen LogP contribution in [0.2, 0.25) is 0 Å². The van der Waals surface area contributed by atoms with E-state index in [1.165, 1.54) is 25.3 Å². The Bertz CT molecular complexity index is 409. The molecule has 0 aliphatic carbocycles. The van der Waals surface area contributed by atoms with E-state index in [0.717, 1.165) is 0 Å². The van der Waals surface area contributed by atoms with Crippen LogP contribution in [-0.2, 0) is 9.47 Å². The second-order valence-electron chi connectivity index (χ2n) is 3.89. The Hall–Kier alpha value is -1.62. The van der Waals surface area contributed by atoms with Gasteiger partial charge in [-0.3, -0.25) is 0 Å². The number of carbonyl (C=O) groups excluding carboxylic acids is 1. The third-order valence-corrected chi connectivity index (χ3v) is 2.36. The van der Waals surface area contributed by atoms with Gasteiger partial charge in [0.15, 0.2) is 0 Å². The Labute approximate surface area is 106 Å². The first kappa shape index (κ1) is 14.4. The lowest BCUT2D eigenvalue weighted by Crippen LogP contribution is -2.23. The monoisotopic (exact) mass is 255 g/mol. The van der Waals surface area contributed by atoms with E-state index >= 15 is 0 Å². The average Bonchev–Trinajstić information content (AvgIpc) is 2.35. The molecule has 18 heavy (non-hydrogen) atoms. The van der Waals surface area contributed by atoms with Gasteiger partial charge >= 0.3 is 5.97 Å². The van der Waals surface area contributed by atoms with Gasteiger partial charge in [0, 0.05) is 12.6 Å². The van der Waals surface area contributed by atoms with Crippen molar-refractivity contribution in [2.75, 3.05) is 25.6 Å². The van der Waals surface area contributed by atoms with Crippen molar-refractivity contribution in [3.8, 4) is 0 Å². The second kappa shape index (κ2) is 6.96. The summed E-state index contributed by atoms with van der Waals surface area (Å²) in [6, 6.07) is 3.87. The van der Waals surface area contributed by atoms with E-state index in [-0.39, 0.29) is 6.04 Å². The molecule has 1 aromatic rings. The standard InChI is InChI=1S/C13H18FNO3/c1-4-18-8-9(2)15-12-7-10(14)5-6-11(12)13(16)17-3/h5-7,9,15H,4,8H2,1-3H3. The highest BCUT2D eigenvalue weighted by atomic mass is 19.1. The summed E-state index contributed by atoms with van der Waals surface area (Å²) in [6.07, 6.45) is 0. The number of nitrogens with one attached hydrogen (secondary N) is 1. The number of benzene rings is 1. The number of hydrogen-bond acceptors (Lipinski definition) is 4. The van der Waals surface area contributed by atoms with E-state index in [2.05, 4.69) is 10.1 Å². The molecule has 0 radical (unpaired) electrons. The molecule has 0 saturated heterocycles. The molecule has 5 heteroatoms. The lowest BCUT2D eigenvalue weighted by Gasteiger charge is -2.17. The van der Waals surface area contributed by atoms with Crippen molar-refractivity contribution in [3.05, 3.63) is 29.6 Å². The first-order valence-corrected chi connectivity index (χ1v) is 5.80. The van der Waals surface area contributed by atoms with Crippen LogP contribution in [0.3, 0.4) is 0 Å². The number of hydrogen-bond donors (Lipinski definition) is 1. The quantitative estimate of drug-likeness (QED) is 0.793. The fourth-order valence-electron chi connectivity index (χ4n) is 1.53. The zero-order valence-corrected chi connectivity index (χ0v) is 10.8. The Morgan fingerprint density at radius 2 is 2.22 bits per heavy atom. The van der Waals surface area contributed by atoms with Crippen molar-refractivity contribution in [2.45, 2.75) is 19.9 Å². The molecule has 0 amide bonds. The summed E-state index contributed by atoms with van der Waals surface area (Å²) < 4.78 is 23.1. The maximum atomic E-state index is 13.2. The minimum Gasteiger partial charge on any atom is -0.465 e. The Kier molecular flexibility index (Phi) is 5.58. The molecule has 4 nitrogen and oxygen atoms in total. The van der Waals surface area contributed by atoms with Crippen molar-refractivity contribution in [2.24, 2.45) is 0 Å². The van der Waals surface area contributed by atoms with Crippen LogP contribution in [0.4, 0.5) is 10.1 Å². The molecule has 1 rings (SSSR count). The van der Waals surface area contributed by atoms with Crippen molar-refractivity contribution in [3.63, 3.8) is 0 Å². The highest BCUT2D eigenvalue weighted by Gasteiger charge is 2.14. The van der Waals surface area contributed by atoms with Crippen molar-refractivity contribution in [1.82, 2.24) is 0 Å². The zero-order valence-electron chi connectivity index (χ0n) is 10.8. The van der Waals surface area contributed by atoms with Gasteiger partial charge in [-0.25, -0.2) is 9.18 Å². The summed E-state index contributed by atoms with van der Waals surface area (Å²) in [5.74, 6) is -0.908. The molecule has 1 unspecified atom stereocenters. The predicted octanol–water partition coefficient (Wildman–Crippen LogP) is 2.45. The molecule has 1 atom stereocenters. The molecule has 0 aliphatic rings. The van der Waals surface area contributed by atoms with Crippen LogP contribution >= 0.6 is 0 Å². The van der Waals surface area contributed by atoms with Gasteiger partial charge in [0.1, 0.15) is 5.82 Å². The van der Waals surface area contributed by atoms with Gasteiger partial charge in [0.05, 0.1) is 25.0 Å². The van der Waals surface area contributed by atoms with E-state index in [9.17, 15) is 9.18 Å². The predicted molar refractivity (Wildman–Crippen MR) is 67.3 cm³/mol. The SMILES string of the molecule is CCOCC(C)Nc1cc(F)ccc1C(=O)OC. The molecule has 0 heterocycles. The molecule has 1 N–H and O–H groups in total. The fraction of sp³-hybridized carbons (Fsp3) is 0.462. The third-order valence-electron chi connectivity index (χ3n) is 2.36. The number of halogens is 1. The van der Waals surface area contributed by atoms with E-state index in [1.807, 2.05) is 13.8 Å². The Morgan fingerprint density at radius 3 is 2.83 bits per heavy atom. The van der Waals surface area contributed by atoms with Crippen molar-refractivity contribution >= 4 is 11.7 Å². The van der Waals surface area contributed by atoms with E-state index in [1.54, 1.807) is 0 Å². The van der Waals surface area contributed by atoms with Crippen LogP contribution in [0.25, 0.3) is 0 Å².